The summed E-state index contributed by atoms with van der Waals surface area (Å²) in [6.45, 7) is 4.15. The third-order valence-electron chi connectivity index (χ3n) is 3.27. The molecule has 0 saturated heterocycles. The zero-order valence-corrected chi connectivity index (χ0v) is 13.3. The summed E-state index contributed by atoms with van der Waals surface area (Å²) >= 11 is 0. The number of nitrogens with two attached hydrogens (primary N) is 1. The van der Waals surface area contributed by atoms with Crippen LogP contribution in [0, 0.1) is 13.8 Å². The quantitative estimate of drug-likeness (QED) is 0.883. The molecule has 5 heteroatoms. The van der Waals surface area contributed by atoms with Gasteiger partial charge in [0.2, 0.25) is 10.0 Å². The number of hydrogen-bond donors (Lipinski definition) is 1. The highest BCUT2D eigenvalue weighted by atomic mass is 32.2. The smallest absolute Gasteiger partial charge is 0.243 e. The highest BCUT2D eigenvalue weighted by Crippen LogP contribution is 2.21. The summed E-state index contributed by atoms with van der Waals surface area (Å²) in [7, 11) is -1.96. The third kappa shape index (κ3) is 3.62. The van der Waals surface area contributed by atoms with Gasteiger partial charge >= 0.3 is 0 Å². The lowest BCUT2D eigenvalue weighted by Crippen LogP contribution is -2.26. The van der Waals surface area contributed by atoms with E-state index in [4.69, 9.17) is 5.73 Å². The van der Waals surface area contributed by atoms with E-state index in [-0.39, 0.29) is 4.90 Å². The fourth-order valence-electron chi connectivity index (χ4n) is 2.26. The van der Waals surface area contributed by atoms with Crippen LogP contribution in [0.1, 0.15) is 16.7 Å². The van der Waals surface area contributed by atoms with Crippen LogP contribution < -0.4 is 5.73 Å². The number of sulfonamides is 1. The number of nitrogens with zero attached hydrogens (tertiary/aromatic N) is 1. The van der Waals surface area contributed by atoms with Crippen LogP contribution in [0.3, 0.4) is 0 Å². The minimum atomic E-state index is -3.54. The predicted octanol–water partition coefficient (Wildman–Crippen LogP) is 2.71. The number of benzene rings is 2. The molecular formula is C16H20N2O2S. The molecule has 0 saturated carbocycles. The fourth-order valence-corrected chi connectivity index (χ4v) is 3.56. The maximum Gasteiger partial charge on any atom is 0.243 e. The molecule has 0 amide bonds. The molecule has 0 spiro atoms. The molecule has 2 aromatic carbocycles. The Labute approximate surface area is 126 Å². The van der Waals surface area contributed by atoms with E-state index in [1.165, 1.54) is 10.4 Å². The SMILES string of the molecule is Cc1cccc(CN(C)S(=O)(=O)c2cc(C)cc(N)c2)c1. The van der Waals surface area contributed by atoms with Crippen LogP contribution in [0.5, 0.6) is 0 Å². The van der Waals surface area contributed by atoms with Crippen LogP contribution in [0.25, 0.3) is 0 Å². The first-order valence-electron chi connectivity index (χ1n) is 6.68. The second-order valence-corrected chi connectivity index (χ2v) is 7.37. The molecule has 4 nitrogen and oxygen atoms in total. The normalized spacial score (nSPS) is 11.8. The van der Waals surface area contributed by atoms with E-state index in [0.29, 0.717) is 12.2 Å². The molecule has 0 radical (unpaired) electrons. The van der Waals surface area contributed by atoms with Crippen molar-refractivity contribution in [2.45, 2.75) is 25.3 Å². The number of hydrogen-bond acceptors (Lipinski definition) is 3. The Morgan fingerprint density at radius 2 is 1.76 bits per heavy atom. The second-order valence-electron chi connectivity index (χ2n) is 5.33. The van der Waals surface area contributed by atoms with Gasteiger partial charge in [-0.25, -0.2) is 8.42 Å². The van der Waals surface area contributed by atoms with Crippen LogP contribution >= 0.6 is 0 Å². The summed E-state index contributed by atoms with van der Waals surface area (Å²) in [5.41, 5.74) is 9.10. The molecule has 0 aliphatic rings. The van der Waals surface area contributed by atoms with Crippen molar-refractivity contribution >= 4 is 15.7 Å². The Balaban J connectivity index is 2.30. The van der Waals surface area contributed by atoms with Gasteiger partial charge in [0.25, 0.3) is 0 Å². The average molecular weight is 304 g/mol. The van der Waals surface area contributed by atoms with Crippen molar-refractivity contribution in [1.82, 2.24) is 4.31 Å². The first kappa shape index (κ1) is 15.5. The van der Waals surface area contributed by atoms with Crippen molar-refractivity contribution in [2.75, 3.05) is 12.8 Å². The summed E-state index contributed by atoms with van der Waals surface area (Å²) in [5.74, 6) is 0. The molecular weight excluding hydrogens is 284 g/mol. The molecule has 0 heterocycles. The van der Waals surface area contributed by atoms with Gasteiger partial charge < -0.3 is 5.73 Å². The highest BCUT2D eigenvalue weighted by Gasteiger charge is 2.21. The topological polar surface area (TPSA) is 63.4 Å². The fraction of sp³-hybridized carbons (Fsp3) is 0.250. The molecule has 0 bridgehead atoms. The van der Waals surface area contributed by atoms with Gasteiger partial charge in [0.1, 0.15) is 0 Å². The summed E-state index contributed by atoms with van der Waals surface area (Å²) in [5, 5.41) is 0. The van der Waals surface area contributed by atoms with Gasteiger partial charge in [0.05, 0.1) is 4.90 Å². The van der Waals surface area contributed by atoms with Gasteiger partial charge in [-0.1, -0.05) is 29.8 Å². The van der Waals surface area contributed by atoms with Crippen molar-refractivity contribution in [3.8, 4) is 0 Å². The van der Waals surface area contributed by atoms with E-state index >= 15 is 0 Å². The minimum absolute atomic E-state index is 0.232. The van der Waals surface area contributed by atoms with Crippen molar-refractivity contribution in [3.05, 3.63) is 59.2 Å². The van der Waals surface area contributed by atoms with E-state index in [2.05, 4.69) is 0 Å². The Bertz CT molecular complexity index is 734. The van der Waals surface area contributed by atoms with Gasteiger partial charge in [-0.15, -0.1) is 0 Å². The van der Waals surface area contributed by atoms with Crippen molar-refractivity contribution in [2.24, 2.45) is 0 Å². The van der Waals surface area contributed by atoms with E-state index in [1.54, 1.807) is 19.2 Å². The number of nitrogen functional groups attached to an aromatic ring is 1. The maximum absolute atomic E-state index is 12.6. The zero-order valence-electron chi connectivity index (χ0n) is 12.5. The largest absolute Gasteiger partial charge is 0.399 e. The zero-order chi connectivity index (χ0) is 15.6. The maximum atomic E-state index is 12.6. The molecule has 2 rings (SSSR count). The third-order valence-corrected chi connectivity index (χ3v) is 5.05. The lowest BCUT2D eigenvalue weighted by molar-refractivity contribution is 0.466. The van der Waals surface area contributed by atoms with E-state index < -0.39 is 10.0 Å². The molecule has 0 aromatic heterocycles. The molecule has 0 atom stereocenters. The predicted molar refractivity (Wildman–Crippen MR) is 85.4 cm³/mol. The Hall–Kier alpha value is -1.85. The van der Waals surface area contributed by atoms with E-state index in [0.717, 1.165) is 16.7 Å². The summed E-state index contributed by atoms with van der Waals surface area (Å²) in [6.07, 6.45) is 0. The molecule has 0 aliphatic carbocycles. The first-order chi connectivity index (χ1) is 9.79. The first-order valence-corrected chi connectivity index (χ1v) is 8.12. The number of anilines is 1. The molecule has 0 fully saturated rings. The Kier molecular flexibility index (Phi) is 4.34. The number of rotatable bonds is 4. The van der Waals surface area contributed by atoms with Gasteiger partial charge in [-0.2, -0.15) is 4.31 Å². The number of aryl methyl sites for hydroxylation is 2. The summed E-state index contributed by atoms with van der Waals surface area (Å²) in [6, 6.07) is 12.7. The van der Waals surface area contributed by atoms with Crippen molar-refractivity contribution in [3.63, 3.8) is 0 Å². The lowest BCUT2D eigenvalue weighted by Gasteiger charge is -2.18. The van der Waals surface area contributed by atoms with Crippen molar-refractivity contribution < 1.29 is 8.42 Å². The van der Waals surface area contributed by atoms with Gasteiger partial charge in [0.15, 0.2) is 0 Å². The van der Waals surface area contributed by atoms with E-state index in [1.807, 2.05) is 38.1 Å². The molecule has 112 valence electrons. The molecule has 2 aromatic rings. The van der Waals surface area contributed by atoms with Crippen LogP contribution in [-0.2, 0) is 16.6 Å². The summed E-state index contributed by atoms with van der Waals surface area (Å²) < 4.78 is 26.5. The lowest BCUT2D eigenvalue weighted by atomic mass is 10.1. The molecule has 0 aliphatic heterocycles. The Morgan fingerprint density at radius 3 is 2.38 bits per heavy atom. The average Bonchev–Trinajstić information content (AvgIpc) is 2.37. The Morgan fingerprint density at radius 1 is 1.05 bits per heavy atom. The standard InChI is InChI=1S/C16H20N2O2S/c1-12-5-4-6-14(7-12)11-18(3)21(19,20)16-9-13(2)8-15(17)10-16/h4-10H,11,17H2,1-3H3. The minimum Gasteiger partial charge on any atom is -0.399 e. The van der Waals surface area contributed by atoms with Gasteiger partial charge in [0, 0.05) is 19.3 Å². The summed E-state index contributed by atoms with van der Waals surface area (Å²) in [4.78, 5) is 0.232. The van der Waals surface area contributed by atoms with Crippen LogP contribution in [0.15, 0.2) is 47.4 Å². The second kappa shape index (κ2) is 5.87. The van der Waals surface area contributed by atoms with Crippen LogP contribution in [-0.4, -0.2) is 19.8 Å². The molecule has 21 heavy (non-hydrogen) atoms. The monoisotopic (exact) mass is 304 g/mol. The van der Waals surface area contributed by atoms with Crippen LogP contribution in [0.4, 0.5) is 5.69 Å². The van der Waals surface area contributed by atoms with Crippen molar-refractivity contribution in [1.29, 1.82) is 0 Å². The molecule has 2 N–H and O–H groups in total. The van der Waals surface area contributed by atoms with E-state index in [9.17, 15) is 8.42 Å². The van der Waals surface area contributed by atoms with Gasteiger partial charge in [-0.05, 0) is 43.2 Å². The van der Waals surface area contributed by atoms with Gasteiger partial charge in [-0.3, -0.25) is 0 Å². The molecule has 0 unspecified atom stereocenters. The highest BCUT2D eigenvalue weighted by molar-refractivity contribution is 7.89. The van der Waals surface area contributed by atoms with Crippen LogP contribution in [0.2, 0.25) is 0 Å².